The quantitative estimate of drug-likeness (QED) is 0.843. The van der Waals surface area contributed by atoms with Crippen LogP contribution in [0.4, 0.5) is 19.0 Å². The van der Waals surface area contributed by atoms with Crippen molar-refractivity contribution in [3.05, 3.63) is 22.8 Å². The Morgan fingerprint density at radius 3 is 2.53 bits per heavy atom. The van der Waals surface area contributed by atoms with Gasteiger partial charge in [0, 0.05) is 32.4 Å². The number of halogens is 4. The van der Waals surface area contributed by atoms with Crippen LogP contribution in [0.3, 0.4) is 0 Å². The van der Waals surface area contributed by atoms with Crippen LogP contribution in [-0.2, 0) is 6.18 Å². The second-order valence-electron chi connectivity index (χ2n) is 3.73. The molecule has 3 nitrogen and oxygen atoms in total. The molecule has 1 aliphatic heterocycles. The number of hydrogen-bond acceptors (Lipinski definition) is 3. The van der Waals surface area contributed by atoms with E-state index in [-0.39, 0.29) is 10.8 Å². The van der Waals surface area contributed by atoms with Crippen LogP contribution >= 0.6 is 11.6 Å². The van der Waals surface area contributed by atoms with Gasteiger partial charge in [-0.1, -0.05) is 11.6 Å². The van der Waals surface area contributed by atoms with E-state index in [1.165, 1.54) is 0 Å². The monoisotopic (exact) mass is 265 g/mol. The third-order valence-corrected chi connectivity index (χ3v) is 2.97. The average molecular weight is 266 g/mol. The normalized spacial score (nSPS) is 17.3. The molecule has 0 radical (unpaired) electrons. The highest BCUT2D eigenvalue weighted by Crippen LogP contribution is 2.38. The van der Waals surface area contributed by atoms with Gasteiger partial charge >= 0.3 is 6.18 Å². The Balaban J connectivity index is 2.35. The van der Waals surface area contributed by atoms with Gasteiger partial charge in [-0.2, -0.15) is 13.2 Å². The number of anilines is 1. The van der Waals surface area contributed by atoms with Crippen LogP contribution in [0.15, 0.2) is 12.3 Å². The molecule has 0 amide bonds. The molecular formula is C10H11ClF3N3. The van der Waals surface area contributed by atoms with Crippen molar-refractivity contribution in [3.63, 3.8) is 0 Å². The summed E-state index contributed by atoms with van der Waals surface area (Å²) in [6.07, 6.45) is -3.30. The van der Waals surface area contributed by atoms with Crippen molar-refractivity contribution in [2.45, 2.75) is 6.18 Å². The molecule has 0 atom stereocenters. The van der Waals surface area contributed by atoms with Gasteiger partial charge in [-0.15, -0.1) is 0 Å². The molecule has 2 rings (SSSR count). The Morgan fingerprint density at radius 2 is 1.94 bits per heavy atom. The molecule has 0 aliphatic carbocycles. The molecule has 7 heteroatoms. The van der Waals surface area contributed by atoms with Crippen LogP contribution in [0, 0.1) is 0 Å². The molecule has 0 bridgehead atoms. The molecule has 1 fully saturated rings. The summed E-state index contributed by atoms with van der Waals surface area (Å²) in [4.78, 5) is 5.70. The lowest BCUT2D eigenvalue weighted by atomic mass is 10.2. The third kappa shape index (κ3) is 2.63. The van der Waals surface area contributed by atoms with E-state index in [9.17, 15) is 13.2 Å². The number of rotatable bonds is 1. The van der Waals surface area contributed by atoms with Gasteiger partial charge in [-0.25, -0.2) is 4.98 Å². The molecular weight excluding hydrogens is 255 g/mol. The molecule has 94 valence electrons. The number of nitrogens with zero attached hydrogens (tertiary/aromatic N) is 2. The zero-order valence-corrected chi connectivity index (χ0v) is 9.65. The minimum atomic E-state index is -4.44. The maximum atomic E-state index is 12.7. The number of piperazine rings is 1. The minimum Gasteiger partial charge on any atom is -0.353 e. The lowest BCUT2D eigenvalue weighted by molar-refractivity contribution is -0.137. The van der Waals surface area contributed by atoms with E-state index in [2.05, 4.69) is 10.3 Å². The lowest BCUT2D eigenvalue weighted by Crippen LogP contribution is -2.44. The lowest BCUT2D eigenvalue weighted by Gasteiger charge is -2.29. The van der Waals surface area contributed by atoms with E-state index < -0.39 is 11.7 Å². The van der Waals surface area contributed by atoms with E-state index in [1.54, 1.807) is 4.90 Å². The van der Waals surface area contributed by atoms with Crippen LogP contribution in [0.2, 0.25) is 5.02 Å². The first-order chi connectivity index (χ1) is 8.00. The van der Waals surface area contributed by atoms with Gasteiger partial charge in [0.25, 0.3) is 0 Å². The number of hydrogen-bond donors (Lipinski definition) is 1. The third-order valence-electron chi connectivity index (χ3n) is 2.59. The van der Waals surface area contributed by atoms with Gasteiger partial charge in [-0.3, -0.25) is 0 Å². The second-order valence-corrected chi connectivity index (χ2v) is 4.11. The molecule has 1 saturated heterocycles. The van der Waals surface area contributed by atoms with Crippen LogP contribution in [0.1, 0.15) is 5.56 Å². The Hall–Kier alpha value is -1.01. The summed E-state index contributed by atoms with van der Waals surface area (Å²) in [5.41, 5.74) is -0.831. The van der Waals surface area contributed by atoms with Crippen LogP contribution < -0.4 is 10.2 Å². The maximum absolute atomic E-state index is 12.7. The van der Waals surface area contributed by atoms with Crippen LogP contribution in [0.5, 0.6) is 0 Å². The van der Waals surface area contributed by atoms with E-state index in [4.69, 9.17) is 11.6 Å². The van der Waals surface area contributed by atoms with Crippen molar-refractivity contribution < 1.29 is 13.2 Å². The van der Waals surface area contributed by atoms with E-state index in [0.717, 1.165) is 12.3 Å². The van der Waals surface area contributed by atoms with E-state index in [0.29, 0.717) is 26.2 Å². The predicted octanol–water partition coefficient (Wildman–Crippen LogP) is 2.16. The molecule has 0 aromatic carbocycles. The van der Waals surface area contributed by atoms with E-state index >= 15 is 0 Å². The average Bonchev–Trinajstić information content (AvgIpc) is 2.29. The number of alkyl halides is 3. The SMILES string of the molecule is FC(F)(F)c1ccnc(N2CCNCC2)c1Cl. The molecule has 1 N–H and O–H groups in total. The highest BCUT2D eigenvalue weighted by atomic mass is 35.5. The standard InChI is InChI=1S/C10H11ClF3N3/c11-8-7(10(12,13)14)1-2-16-9(8)17-5-3-15-4-6-17/h1-2,15H,3-6H2. The maximum Gasteiger partial charge on any atom is 0.418 e. The number of pyridine rings is 1. The van der Waals surface area contributed by atoms with Gasteiger partial charge in [0.2, 0.25) is 0 Å². The minimum absolute atomic E-state index is 0.211. The highest BCUT2D eigenvalue weighted by molar-refractivity contribution is 6.33. The molecule has 0 saturated carbocycles. The Bertz CT molecular complexity index is 402. The Morgan fingerprint density at radius 1 is 1.29 bits per heavy atom. The zero-order valence-electron chi connectivity index (χ0n) is 8.89. The summed E-state index contributed by atoms with van der Waals surface area (Å²) in [6.45, 7) is 2.64. The molecule has 0 spiro atoms. The fourth-order valence-corrected chi connectivity index (χ4v) is 2.09. The first kappa shape index (κ1) is 12.4. The van der Waals surface area contributed by atoms with Crippen LogP contribution in [-0.4, -0.2) is 31.2 Å². The van der Waals surface area contributed by atoms with Gasteiger partial charge in [0.05, 0.1) is 10.6 Å². The summed E-state index contributed by atoms with van der Waals surface area (Å²) in [6, 6.07) is 0.897. The van der Waals surface area contributed by atoms with Gasteiger partial charge < -0.3 is 10.2 Å². The van der Waals surface area contributed by atoms with Gasteiger partial charge in [0.1, 0.15) is 5.82 Å². The van der Waals surface area contributed by atoms with Crippen molar-refractivity contribution in [1.29, 1.82) is 0 Å². The molecule has 2 heterocycles. The zero-order chi connectivity index (χ0) is 12.5. The Kier molecular flexibility index (Phi) is 3.44. The summed E-state index contributed by atoms with van der Waals surface area (Å²) in [7, 11) is 0. The first-order valence-electron chi connectivity index (χ1n) is 5.17. The molecule has 17 heavy (non-hydrogen) atoms. The van der Waals surface area contributed by atoms with Crippen LogP contribution in [0.25, 0.3) is 0 Å². The Labute approximate surface area is 102 Å². The fraction of sp³-hybridized carbons (Fsp3) is 0.500. The van der Waals surface area contributed by atoms with Gasteiger partial charge in [0.15, 0.2) is 0 Å². The number of aromatic nitrogens is 1. The molecule has 0 unspecified atom stereocenters. The van der Waals surface area contributed by atoms with Gasteiger partial charge in [-0.05, 0) is 6.07 Å². The smallest absolute Gasteiger partial charge is 0.353 e. The summed E-state index contributed by atoms with van der Waals surface area (Å²) in [5.74, 6) is 0.211. The van der Waals surface area contributed by atoms with Crippen molar-refractivity contribution in [1.82, 2.24) is 10.3 Å². The topological polar surface area (TPSA) is 28.2 Å². The predicted molar refractivity (Wildman–Crippen MR) is 59.3 cm³/mol. The molecule has 1 aromatic rings. The summed E-state index contributed by atoms with van der Waals surface area (Å²) >= 11 is 5.78. The largest absolute Gasteiger partial charge is 0.418 e. The van der Waals surface area contributed by atoms with E-state index in [1.807, 2.05) is 0 Å². The summed E-state index contributed by atoms with van der Waals surface area (Å²) in [5, 5.41) is 2.80. The molecule has 1 aliphatic rings. The fourth-order valence-electron chi connectivity index (χ4n) is 1.75. The highest BCUT2D eigenvalue weighted by Gasteiger charge is 2.35. The first-order valence-corrected chi connectivity index (χ1v) is 5.55. The van der Waals surface area contributed by atoms with Crippen molar-refractivity contribution in [2.75, 3.05) is 31.1 Å². The molecule has 1 aromatic heterocycles. The number of nitrogens with one attached hydrogen (secondary N) is 1. The van der Waals surface area contributed by atoms with Crippen molar-refractivity contribution >= 4 is 17.4 Å². The summed E-state index contributed by atoms with van der Waals surface area (Å²) < 4.78 is 38.0. The van der Waals surface area contributed by atoms with Crippen molar-refractivity contribution in [2.24, 2.45) is 0 Å². The van der Waals surface area contributed by atoms with Crippen molar-refractivity contribution in [3.8, 4) is 0 Å². The second kappa shape index (κ2) is 4.70.